The number of aromatic carboxylic acids is 1. The van der Waals surface area contributed by atoms with Gasteiger partial charge in [0.2, 0.25) is 0 Å². The predicted octanol–water partition coefficient (Wildman–Crippen LogP) is 3.00. The highest BCUT2D eigenvalue weighted by atomic mass is 16.5. The fourth-order valence-corrected chi connectivity index (χ4v) is 1.55. The monoisotopic (exact) mass is 256 g/mol. The molecule has 0 aliphatic rings. The van der Waals surface area contributed by atoms with Crippen LogP contribution in [0.3, 0.4) is 0 Å². The van der Waals surface area contributed by atoms with Gasteiger partial charge < -0.3 is 9.84 Å². The minimum atomic E-state index is -1.10. The van der Waals surface area contributed by atoms with E-state index in [2.05, 4.69) is 10.2 Å². The van der Waals surface area contributed by atoms with Gasteiger partial charge in [0.25, 0.3) is 5.88 Å². The lowest BCUT2D eigenvalue weighted by Gasteiger charge is -2.08. The number of nitrogens with zero attached hydrogens (tertiary/aromatic N) is 2. The first-order valence-electron chi connectivity index (χ1n) is 5.67. The van der Waals surface area contributed by atoms with Crippen molar-refractivity contribution in [3.8, 4) is 11.6 Å². The SMILES string of the molecule is C/C=C/c1ccccc1Oc1nnccc1C(=O)O. The number of hydrogen-bond acceptors (Lipinski definition) is 4. The summed E-state index contributed by atoms with van der Waals surface area (Å²) in [6.45, 7) is 1.89. The molecule has 1 aromatic heterocycles. The molecule has 0 amide bonds. The van der Waals surface area contributed by atoms with Crippen LogP contribution in [0.15, 0.2) is 42.6 Å². The van der Waals surface area contributed by atoms with Crippen LogP contribution in [0.2, 0.25) is 0 Å². The Kier molecular flexibility index (Phi) is 3.87. The molecule has 0 fully saturated rings. The number of carbonyl (C=O) groups is 1. The van der Waals surface area contributed by atoms with Gasteiger partial charge >= 0.3 is 5.97 Å². The van der Waals surface area contributed by atoms with Crippen molar-refractivity contribution in [2.45, 2.75) is 6.92 Å². The molecule has 2 rings (SSSR count). The summed E-state index contributed by atoms with van der Waals surface area (Å²) in [5.41, 5.74) is 0.817. The second-order valence-corrected chi connectivity index (χ2v) is 3.70. The summed E-state index contributed by atoms with van der Waals surface area (Å²) in [5, 5.41) is 16.4. The quantitative estimate of drug-likeness (QED) is 0.910. The maximum absolute atomic E-state index is 11.1. The number of allylic oxidation sites excluding steroid dienone is 1. The Morgan fingerprint density at radius 2 is 2.11 bits per heavy atom. The number of carboxylic acid groups (broad SMARTS) is 1. The zero-order valence-corrected chi connectivity index (χ0v) is 10.3. The maximum Gasteiger partial charge on any atom is 0.341 e. The van der Waals surface area contributed by atoms with Gasteiger partial charge in [-0.05, 0) is 19.1 Å². The molecule has 0 atom stereocenters. The summed E-state index contributed by atoms with van der Waals surface area (Å²) in [4.78, 5) is 11.1. The Balaban J connectivity index is 2.39. The third kappa shape index (κ3) is 2.95. The predicted molar refractivity (Wildman–Crippen MR) is 70.2 cm³/mol. The second kappa shape index (κ2) is 5.77. The van der Waals surface area contributed by atoms with Gasteiger partial charge in [0.05, 0.1) is 6.20 Å². The lowest BCUT2D eigenvalue weighted by Crippen LogP contribution is -2.03. The average molecular weight is 256 g/mol. The van der Waals surface area contributed by atoms with Gasteiger partial charge in [-0.15, -0.1) is 5.10 Å². The molecule has 5 nitrogen and oxygen atoms in total. The van der Waals surface area contributed by atoms with Crippen molar-refractivity contribution >= 4 is 12.0 Å². The molecule has 0 bridgehead atoms. The third-order valence-corrected chi connectivity index (χ3v) is 2.39. The molecule has 5 heteroatoms. The lowest BCUT2D eigenvalue weighted by atomic mass is 10.2. The van der Waals surface area contributed by atoms with Crippen molar-refractivity contribution in [2.75, 3.05) is 0 Å². The van der Waals surface area contributed by atoms with Gasteiger partial charge in [-0.1, -0.05) is 30.4 Å². The Labute approximate surface area is 110 Å². The number of para-hydroxylation sites is 1. The molecule has 0 saturated carbocycles. The van der Waals surface area contributed by atoms with Crippen molar-refractivity contribution in [3.63, 3.8) is 0 Å². The molecular weight excluding hydrogens is 244 g/mol. The van der Waals surface area contributed by atoms with Crippen LogP contribution in [0.1, 0.15) is 22.8 Å². The lowest BCUT2D eigenvalue weighted by molar-refractivity contribution is 0.0693. The van der Waals surface area contributed by atoms with Gasteiger partial charge in [-0.3, -0.25) is 0 Å². The summed E-state index contributed by atoms with van der Waals surface area (Å²) in [7, 11) is 0. The Morgan fingerprint density at radius 1 is 1.32 bits per heavy atom. The van der Waals surface area contributed by atoms with E-state index in [1.54, 1.807) is 12.1 Å². The molecule has 1 N–H and O–H groups in total. The number of aromatic nitrogens is 2. The van der Waals surface area contributed by atoms with Crippen molar-refractivity contribution in [3.05, 3.63) is 53.7 Å². The molecule has 2 aromatic rings. The first-order chi connectivity index (χ1) is 9.22. The van der Waals surface area contributed by atoms with Crippen LogP contribution in [-0.4, -0.2) is 21.3 Å². The molecule has 19 heavy (non-hydrogen) atoms. The summed E-state index contributed by atoms with van der Waals surface area (Å²) in [5.74, 6) is -0.594. The highest BCUT2D eigenvalue weighted by Crippen LogP contribution is 2.26. The Hall–Kier alpha value is -2.69. The van der Waals surface area contributed by atoms with E-state index in [-0.39, 0.29) is 11.4 Å². The average Bonchev–Trinajstić information content (AvgIpc) is 2.42. The van der Waals surface area contributed by atoms with Crippen LogP contribution in [-0.2, 0) is 0 Å². The first-order valence-corrected chi connectivity index (χ1v) is 5.67. The summed E-state index contributed by atoms with van der Waals surface area (Å²) in [6.07, 6.45) is 5.05. The van der Waals surface area contributed by atoms with Gasteiger partial charge in [-0.2, -0.15) is 5.10 Å². The number of benzene rings is 1. The summed E-state index contributed by atoms with van der Waals surface area (Å²) >= 11 is 0. The van der Waals surface area contributed by atoms with Gasteiger partial charge in [0.15, 0.2) is 0 Å². The number of carboxylic acids is 1. The number of rotatable bonds is 4. The Morgan fingerprint density at radius 3 is 2.84 bits per heavy atom. The largest absolute Gasteiger partial charge is 0.477 e. The van der Waals surface area contributed by atoms with Crippen LogP contribution in [0.5, 0.6) is 11.6 Å². The van der Waals surface area contributed by atoms with E-state index in [0.717, 1.165) is 5.56 Å². The van der Waals surface area contributed by atoms with Gasteiger partial charge in [-0.25, -0.2) is 4.79 Å². The molecule has 96 valence electrons. The molecule has 0 radical (unpaired) electrons. The van der Waals surface area contributed by atoms with E-state index in [0.29, 0.717) is 5.75 Å². The van der Waals surface area contributed by atoms with E-state index in [1.165, 1.54) is 12.3 Å². The molecule has 0 aliphatic heterocycles. The van der Waals surface area contributed by atoms with Crippen LogP contribution in [0.25, 0.3) is 6.08 Å². The van der Waals surface area contributed by atoms with Crippen molar-refractivity contribution in [1.82, 2.24) is 10.2 Å². The zero-order valence-electron chi connectivity index (χ0n) is 10.3. The zero-order chi connectivity index (χ0) is 13.7. The summed E-state index contributed by atoms with van der Waals surface area (Å²) in [6, 6.07) is 8.64. The van der Waals surface area contributed by atoms with Gasteiger partial charge in [0.1, 0.15) is 11.3 Å². The minimum Gasteiger partial charge on any atom is -0.477 e. The molecule has 1 heterocycles. The van der Waals surface area contributed by atoms with Crippen LogP contribution >= 0.6 is 0 Å². The first kappa shape index (κ1) is 12.8. The molecule has 1 aromatic carbocycles. The van der Waals surface area contributed by atoms with Gasteiger partial charge in [0, 0.05) is 5.56 Å². The van der Waals surface area contributed by atoms with E-state index in [9.17, 15) is 4.79 Å². The topological polar surface area (TPSA) is 72.3 Å². The smallest absolute Gasteiger partial charge is 0.341 e. The van der Waals surface area contributed by atoms with E-state index in [1.807, 2.05) is 31.2 Å². The minimum absolute atomic E-state index is 0.0213. The standard InChI is InChI=1S/C14H12N2O3/c1-2-5-10-6-3-4-7-12(10)19-13-11(14(17)18)8-9-15-16-13/h2-9H,1H3,(H,17,18)/b5-2+. The number of hydrogen-bond donors (Lipinski definition) is 1. The fraction of sp³-hybridized carbons (Fsp3) is 0.0714. The molecule has 0 spiro atoms. The number of ether oxygens (including phenoxy) is 1. The highest BCUT2D eigenvalue weighted by Gasteiger charge is 2.14. The fourth-order valence-electron chi connectivity index (χ4n) is 1.55. The van der Waals surface area contributed by atoms with Crippen molar-refractivity contribution in [2.24, 2.45) is 0 Å². The van der Waals surface area contributed by atoms with E-state index < -0.39 is 5.97 Å². The van der Waals surface area contributed by atoms with Crippen LogP contribution in [0.4, 0.5) is 0 Å². The van der Waals surface area contributed by atoms with Crippen LogP contribution in [0, 0.1) is 0 Å². The molecule has 0 unspecified atom stereocenters. The van der Waals surface area contributed by atoms with E-state index in [4.69, 9.17) is 9.84 Å². The van der Waals surface area contributed by atoms with Crippen molar-refractivity contribution in [1.29, 1.82) is 0 Å². The normalized spacial score (nSPS) is 10.6. The van der Waals surface area contributed by atoms with Crippen molar-refractivity contribution < 1.29 is 14.6 Å². The van der Waals surface area contributed by atoms with E-state index >= 15 is 0 Å². The van der Waals surface area contributed by atoms with Crippen LogP contribution < -0.4 is 4.74 Å². The molecule has 0 aliphatic carbocycles. The molecular formula is C14H12N2O3. The maximum atomic E-state index is 11.1. The Bertz CT molecular complexity index is 624. The molecule has 0 saturated heterocycles. The second-order valence-electron chi connectivity index (χ2n) is 3.70. The highest BCUT2D eigenvalue weighted by molar-refractivity contribution is 5.90. The summed E-state index contributed by atoms with van der Waals surface area (Å²) < 4.78 is 5.55. The third-order valence-electron chi connectivity index (χ3n) is 2.39.